The summed E-state index contributed by atoms with van der Waals surface area (Å²) in [5, 5.41) is 0. The van der Waals surface area contributed by atoms with Gasteiger partial charge in [0.25, 0.3) is 0 Å². The number of nitrogens with zero attached hydrogens (tertiary/aromatic N) is 2. The van der Waals surface area contributed by atoms with E-state index in [1.807, 2.05) is 54.0 Å². The second kappa shape index (κ2) is 7.91. The van der Waals surface area contributed by atoms with Crippen LogP contribution in [0, 0.1) is 5.92 Å². The Balaban J connectivity index is 1.84. The van der Waals surface area contributed by atoms with Gasteiger partial charge < -0.3 is 14.5 Å². The Labute approximate surface area is 127 Å². The summed E-state index contributed by atoms with van der Waals surface area (Å²) < 4.78 is 5.84. The first kappa shape index (κ1) is 15.7. The zero-order valence-corrected chi connectivity index (χ0v) is 13.1. The summed E-state index contributed by atoms with van der Waals surface area (Å²) in [6, 6.07) is 10.1. The van der Waals surface area contributed by atoms with E-state index in [4.69, 9.17) is 4.74 Å². The maximum Gasteiger partial charge on any atom is 0.319 e. The van der Waals surface area contributed by atoms with Crippen molar-refractivity contribution in [2.24, 2.45) is 5.92 Å². The van der Waals surface area contributed by atoms with Crippen molar-refractivity contribution < 1.29 is 9.53 Å². The molecule has 1 atom stereocenters. The molecule has 2 amide bonds. The molecule has 0 N–H and O–H groups in total. The lowest BCUT2D eigenvalue weighted by Gasteiger charge is -2.35. The van der Waals surface area contributed by atoms with Gasteiger partial charge in [0.2, 0.25) is 0 Å². The Morgan fingerprint density at radius 1 is 1.29 bits per heavy atom. The molecule has 1 heterocycles. The first-order valence-corrected chi connectivity index (χ1v) is 7.96. The number of benzene rings is 1. The number of hydrogen-bond donors (Lipinski definition) is 0. The molecule has 1 aliphatic rings. The molecule has 0 spiro atoms. The highest BCUT2D eigenvalue weighted by Crippen LogP contribution is 2.19. The van der Waals surface area contributed by atoms with E-state index in [-0.39, 0.29) is 6.03 Å². The third-order valence-electron chi connectivity index (χ3n) is 4.05. The van der Waals surface area contributed by atoms with E-state index < -0.39 is 0 Å². The lowest BCUT2D eigenvalue weighted by Crippen LogP contribution is -2.48. The quantitative estimate of drug-likeness (QED) is 0.834. The third-order valence-corrected chi connectivity index (χ3v) is 4.05. The number of rotatable bonds is 5. The maximum absolute atomic E-state index is 12.4. The second-order valence-corrected chi connectivity index (χ2v) is 5.53. The molecule has 4 nitrogen and oxygen atoms in total. The molecular weight excluding hydrogens is 264 g/mol. The van der Waals surface area contributed by atoms with Crippen LogP contribution in [-0.4, -0.2) is 48.6 Å². The Bertz CT molecular complexity index is 432. The van der Waals surface area contributed by atoms with E-state index >= 15 is 0 Å². The molecule has 0 bridgehead atoms. The van der Waals surface area contributed by atoms with Crippen LogP contribution in [0.3, 0.4) is 0 Å². The summed E-state index contributed by atoms with van der Waals surface area (Å²) in [6.45, 7) is 7.97. The van der Waals surface area contributed by atoms with E-state index in [1.165, 1.54) is 0 Å². The zero-order valence-electron chi connectivity index (χ0n) is 13.1. The van der Waals surface area contributed by atoms with Crippen molar-refractivity contribution in [3.63, 3.8) is 0 Å². The first-order chi connectivity index (χ1) is 10.2. The van der Waals surface area contributed by atoms with Gasteiger partial charge in [0.15, 0.2) is 0 Å². The number of likely N-dealkylation sites (tertiary alicyclic amines) is 1. The van der Waals surface area contributed by atoms with Gasteiger partial charge in [-0.2, -0.15) is 0 Å². The van der Waals surface area contributed by atoms with Crippen molar-refractivity contribution in [3.05, 3.63) is 30.3 Å². The summed E-state index contributed by atoms with van der Waals surface area (Å²) in [6.07, 6.45) is 2.20. The number of hydrogen-bond acceptors (Lipinski definition) is 2. The van der Waals surface area contributed by atoms with Crippen molar-refractivity contribution in [3.8, 4) is 5.75 Å². The fraction of sp³-hybridized carbons (Fsp3) is 0.588. The molecule has 0 saturated carbocycles. The van der Waals surface area contributed by atoms with Crippen LogP contribution in [-0.2, 0) is 0 Å². The highest BCUT2D eigenvalue weighted by Gasteiger charge is 2.26. The molecule has 21 heavy (non-hydrogen) atoms. The van der Waals surface area contributed by atoms with Gasteiger partial charge in [0, 0.05) is 32.1 Å². The molecule has 1 unspecified atom stereocenters. The molecule has 0 aromatic heterocycles. The van der Waals surface area contributed by atoms with Crippen molar-refractivity contribution in [2.45, 2.75) is 26.7 Å². The minimum absolute atomic E-state index is 0.171. The number of para-hydroxylation sites is 1. The van der Waals surface area contributed by atoms with Gasteiger partial charge in [0.05, 0.1) is 6.61 Å². The van der Waals surface area contributed by atoms with Crippen LogP contribution in [0.4, 0.5) is 4.79 Å². The minimum atomic E-state index is 0.171. The fourth-order valence-electron chi connectivity index (χ4n) is 2.80. The molecule has 1 fully saturated rings. The lowest BCUT2D eigenvalue weighted by atomic mass is 9.99. The normalized spacial score (nSPS) is 18.4. The lowest BCUT2D eigenvalue weighted by molar-refractivity contribution is 0.114. The SMILES string of the molecule is CCN(CC)C(=O)N1CCCC(COc2ccccc2)C1. The molecule has 1 aliphatic heterocycles. The molecular formula is C17H26N2O2. The molecule has 116 valence electrons. The standard InChI is InChI=1S/C17H26N2O2/c1-3-18(4-2)17(20)19-12-8-9-15(13-19)14-21-16-10-6-5-7-11-16/h5-7,10-11,15H,3-4,8-9,12-14H2,1-2H3. The van der Waals surface area contributed by atoms with Gasteiger partial charge in [-0.05, 0) is 38.8 Å². The number of piperidine rings is 1. The van der Waals surface area contributed by atoms with E-state index in [9.17, 15) is 4.79 Å². The molecule has 1 aromatic carbocycles. The van der Waals surface area contributed by atoms with Gasteiger partial charge in [0.1, 0.15) is 5.75 Å². The Kier molecular flexibility index (Phi) is 5.90. The van der Waals surface area contributed by atoms with Gasteiger partial charge in [-0.15, -0.1) is 0 Å². The topological polar surface area (TPSA) is 32.8 Å². The molecule has 2 rings (SSSR count). The number of ether oxygens (including phenoxy) is 1. The third kappa shape index (κ3) is 4.38. The summed E-state index contributed by atoms with van der Waals surface area (Å²) >= 11 is 0. The molecule has 1 saturated heterocycles. The average molecular weight is 290 g/mol. The van der Waals surface area contributed by atoms with Crippen LogP contribution in [0.25, 0.3) is 0 Å². The molecule has 1 aromatic rings. The predicted octanol–water partition coefficient (Wildman–Crippen LogP) is 3.24. The van der Waals surface area contributed by atoms with Crippen LogP contribution in [0.2, 0.25) is 0 Å². The number of carbonyl (C=O) groups is 1. The Hall–Kier alpha value is -1.71. The van der Waals surface area contributed by atoms with E-state index in [0.717, 1.165) is 44.8 Å². The van der Waals surface area contributed by atoms with Crippen molar-refractivity contribution in [2.75, 3.05) is 32.8 Å². The van der Waals surface area contributed by atoms with Crippen molar-refractivity contribution in [1.82, 2.24) is 9.80 Å². The van der Waals surface area contributed by atoms with Gasteiger partial charge in [-0.25, -0.2) is 4.79 Å². The van der Waals surface area contributed by atoms with Crippen molar-refractivity contribution in [1.29, 1.82) is 0 Å². The number of carbonyl (C=O) groups excluding carboxylic acids is 1. The second-order valence-electron chi connectivity index (χ2n) is 5.53. The minimum Gasteiger partial charge on any atom is -0.493 e. The average Bonchev–Trinajstić information content (AvgIpc) is 2.55. The summed E-state index contributed by atoms with van der Waals surface area (Å²) in [5.74, 6) is 1.34. The van der Waals surface area contributed by atoms with Gasteiger partial charge in [-0.1, -0.05) is 18.2 Å². The van der Waals surface area contributed by atoms with Gasteiger partial charge >= 0.3 is 6.03 Å². The molecule has 0 radical (unpaired) electrons. The Morgan fingerprint density at radius 3 is 2.67 bits per heavy atom. The summed E-state index contributed by atoms with van der Waals surface area (Å²) in [4.78, 5) is 16.3. The van der Waals surface area contributed by atoms with Crippen LogP contribution < -0.4 is 4.74 Å². The fourth-order valence-corrected chi connectivity index (χ4v) is 2.80. The highest BCUT2D eigenvalue weighted by atomic mass is 16.5. The maximum atomic E-state index is 12.4. The van der Waals surface area contributed by atoms with E-state index in [0.29, 0.717) is 12.5 Å². The van der Waals surface area contributed by atoms with Gasteiger partial charge in [-0.3, -0.25) is 0 Å². The number of amides is 2. The van der Waals surface area contributed by atoms with Crippen molar-refractivity contribution >= 4 is 6.03 Å². The summed E-state index contributed by atoms with van der Waals surface area (Å²) in [5.41, 5.74) is 0. The summed E-state index contributed by atoms with van der Waals surface area (Å²) in [7, 11) is 0. The van der Waals surface area contributed by atoms with Crippen LogP contribution in [0.1, 0.15) is 26.7 Å². The van der Waals surface area contributed by atoms with E-state index in [2.05, 4.69) is 0 Å². The highest BCUT2D eigenvalue weighted by molar-refractivity contribution is 5.74. The largest absolute Gasteiger partial charge is 0.493 e. The monoisotopic (exact) mass is 290 g/mol. The van der Waals surface area contributed by atoms with Crippen LogP contribution in [0.5, 0.6) is 5.75 Å². The number of urea groups is 1. The first-order valence-electron chi connectivity index (χ1n) is 7.96. The molecule has 0 aliphatic carbocycles. The smallest absolute Gasteiger partial charge is 0.319 e. The van der Waals surface area contributed by atoms with E-state index in [1.54, 1.807) is 0 Å². The Morgan fingerprint density at radius 2 is 2.00 bits per heavy atom. The van der Waals surface area contributed by atoms with Crippen LogP contribution >= 0.6 is 0 Å². The zero-order chi connectivity index (χ0) is 15.1. The predicted molar refractivity (Wildman–Crippen MR) is 84.6 cm³/mol. The molecule has 4 heteroatoms. The van der Waals surface area contributed by atoms with Crippen LogP contribution in [0.15, 0.2) is 30.3 Å².